The van der Waals surface area contributed by atoms with Crippen molar-refractivity contribution in [2.24, 2.45) is 0 Å². The number of benzene rings is 2. The van der Waals surface area contributed by atoms with Crippen LogP contribution in [0.2, 0.25) is 5.02 Å². The number of fused-ring (bicyclic) bond motifs is 1. The van der Waals surface area contributed by atoms with Gasteiger partial charge >= 0.3 is 5.82 Å². The maximum Gasteiger partial charge on any atom is 0.316 e. The molecule has 0 unspecified atom stereocenters. The summed E-state index contributed by atoms with van der Waals surface area (Å²) >= 11 is 6.18. The van der Waals surface area contributed by atoms with Gasteiger partial charge in [-0.1, -0.05) is 48.4 Å². The van der Waals surface area contributed by atoms with Crippen molar-refractivity contribution in [1.29, 1.82) is 0 Å². The van der Waals surface area contributed by atoms with Crippen LogP contribution in [0.5, 0.6) is 0 Å². The predicted molar refractivity (Wildman–Crippen MR) is 100 cm³/mol. The largest absolute Gasteiger partial charge is 0.710 e. The van der Waals surface area contributed by atoms with Gasteiger partial charge < -0.3 is 5.21 Å². The van der Waals surface area contributed by atoms with Crippen molar-refractivity contribution in [3.63, 3.8) is 0 Å². The van der Waals surface area contributed by atoms with Crippen molar-refractivity contribution in [3.8, 4) is 11.3 Å². The van der Waals surface area contributed by atoms with Crippen LogP contribution in [-0.4, -0.2) is 23.0 Å². The Morgan fingerprint density at radius 1 is 1.04 bits per heavy atom. The smallest absolute Gasteiger partial charge is 0.316 e. The van der Waals surface area contributed by atoms with Crippen LogP contribution in [0.15, 0.2) is 48.5 Å². The average Bonchev–Trinajstić information content (AvgIpc) is 2.64. The highest BCUT2D eigenvalue weighted by atomic mass is 35.5. The van der Waals surface area contributed by atoms with Crippen LogP contribution in [0.4, 0.5) is 0 Å². The average molecular weight is 354 g/mol. The molecule has 1 aliphatic rings. The molecule has 0 radical (unpaired) electrons. The minimum Gasteiger partial charge on any atom is -0.710 e. The van der Waals surface area contributed by atoms with Gasteiger partial charge in [-0.25, -0.2) is 4.73 Å². The number of aromatic nitrogens is 2. The second-order valence-electron chi connectivity index (χ2n) is 6.54. The molecule has 0 N–H and O–H groups in total. The van der Waals surface area contributed by atoms with E-state index in [1.54, 1.807) is 0 Å². The molecule has 0 saturated carbocycles. The van der Waals surface area contributed by atoms with Crippen LogP contribution < -0.4 is 4.73 Å². The van der Waals surface area contributed by atoms with Gasteiger partial charge in [-0.3, -0.25) is 4.90 Å². The quantitative estimate of drug-likeness (QED) is 0.524. The molecule has 1 aliphatic heterocycles. The zero-order chi connectivity index (χ0) is 17.2. The molecule has 0 amide bonds. The number of hydrogen-bond acceptors (Lipinski definition) is 3. The summed E-state index contributed by atoms with van der Waals surface area (Å²) in [5, 5.41) is 14.5. The number of rotatable bonds is 3. The van der Waals surface area contributed by atoms with Gasteiger partial charge in [-0.15, -0.1) is 0 Å². The topological polar surface area (TPSA) is 43.1 Å². The molecule has 1 saturated heterocycles. The van der Waals surface area contributed by atoms with Crippen LogP contribution in [0.25, 0.3) is 22.2 Å². The molecule has 25 heavy (non-hydrogen) atoms. The number of nitrogens with zero attached hydrogens (tertiary/aromatic N) is 3. The molecule has 0 aliphatic carbocycles. The predicted octanol–water partition coefficient (Wildman–Crippen LogP) is 4.17. The third-order valence-electron chi connectivity index (χ3n) is 4.76. The Hall–Kier alpha value is -2.17. The second kappa shape index (κ2) is 6.98. The third kappa shape index (κ3) is 3.32. The molecule has 1 aromatic heterocycles. The Labute approximate surface area is 152 Å². The highest BCUT2D eigenvalue weighted by Gasteiger charge is 2.22. The molecule has 4 nitrogen and oxygen atoms in total. The van der Waals surface area contributed by atoms with Gasteiger partial charge in [0, 0.05) is 10.6 Å². The normalized spacial score (nSPS) is 15.6. The molecule has 2 aromatic carbocycles. The molecule has 5 heteroatoms. The Bertz CT molecular complexity index is 892. The van der Waals surface area contributed by atoms with Crippen molar-refractivity contribution in [2.45, 2.75) is 25.8 Å². The third-order valence-corrected chi connectivity index (χ3v) is 5.00. The monoisotopic (exact) mass is 353 g/mol. The van der Waals surface area contributed by atoms with E-state index in [1.807, 2.05) is 48.5 Å². The van der Waals surface area contributed by atoms with E-state index in [-0.39, 0.29) is 0 Å². The summed E-state index contributed by atoms with van der Waals surface area (Å²) in [6.45, 7) is 2.64. The standard InChI is InChI=1S/C20H20ClN3O/c21-16-9-10-18-17(13-16)20(15-7-3-1-4-8-15)24(25)19(22-18)14-23-11-5-2-6-12-23/h1,3-4,7-10,13H,2,5-6,11-12,14H2. The Balaban J connectivity index is 1.87. The summed E-state index contributed by atoms with van der Waals surface area (Å²) < 4.78 is 0.989. The van der Waals surface area contributed by atoms with Crippen molar-refractivity contribution in [2.75, 3.05) is 13.1 Å². The Morgan fingerprint density at radius 2 is 1.80 bits per heavy atom. The summed E-state index contributed by atoms with van der Waals surface area (Å²) in [5.74, 6) is 0.551. The van der Waals surface area contributed by atoms with E-state index in [1.165, 1.54) is 19.3 Å². The fraction of sp³-hybridized carbons (Fsp3) is 0.300. The number of hydrogen-bond donors (Lipinski definition) is 0. The summed E-state index contributed by atoms with van der Waals surface area (Å²) in [6.07, 6.45) is 3.65. The fourth-order valence-corrected chi connectivity index (χ4v) is 3.68. The van der Waals surface area contributed by atoms with Crippen LogP contribution in [0.1, 0.15) is 25.1 Å². The van der Waals surface area contributed by atoms with Crippen LogP contribution >= 0.6 is 11.6 Å². The molecular weight excluding hydrogens is 334 g/mol. The molecule has 3 aromatic rings. The van der Waals surface area contributed by atoms with Crippen LogP contribution in [-0.2, 0) is 6.54 Å². The van der Waals surface area contributed by atoms with Gasteiger partial charge in [0.2, 0.25) is 0 Å². The minimum absolute atomic E-state index is 0.551. The van der Waals surface area contributed by atoms with Crippen LogP contribution in [0.3, 0.4) is 0 Å². The van der Waals surface area contributed by atoms with E-state index >= 15 is 0 Å². The summed E-state index contributed by atoms with van der Waals surface area (Å²) in [5.41, 5.74) is 2.31. The van der Waals surface area contributed by atoms with Gasteiger partial charge in [-0.2, -0.15) is 0 Å². The molecule has 0 bridgehead atoms. The highest BCUT2D eigenvalue weighted by Crippen LogP contribution is 2.27. The maximum atomic E-state index is 13.2. The lowest BCUT2D eigenvalue weighted by Gasteiger charge is -2.25. The van der Waals surface area contributed by atoms with E-state index in [2.05, 4.69) is 9.88 Å². The van der Waals surface area contributed by atoms with Crippen molar-refractivity contribution >= 4 is 22.5 Å². The van der Waals surface area contributed by atoms with E-state index in [0.29, 0.717) is 23.1 Å². The van der Waals surface area contributed by atoms with Gasteiger partial charge in [0.15, 0.2) is 5.52 Å². The summed E-state index contributed by atoms with van der Waals surface area (Å²) in [4.78, 5) is 6.96. The van der Waals surface area contributed by atoms with Crippen molar-refractivity contribution < 1.29 is 4.73 Å². The molecule has 2 heterocycles. The molecule has 4 rings (SSSR count). The highest BCUT2D eigenvalue weighted by molar-refractivity contribution is 6.31. The van der Waals surface area contributed by atoms with Crippen LogP contribution in [0, 0.1) is 5.21 Å². The van der Waals surface area contributed by atoms with E-state index < -0.39 is 0 Å². The molecular formula is C20H20ClN3O. The van der Waals surface area contributed by atoms with E-state index in [0.717, 1.165) is 34.3 Å². The molecule has 128 valence electrons. The lowest BCUT2D eigenvalue weighted by molar-refractivity contribution is -0.606. The molecule has 1 fully saturated rings. The Kier molecular flexibility index (Phi) is 4.55. The Morgan fingerprint density at radius 3 is 2.56 bits per heavy atom. The molecule has 0 atom stereocenters. The van der Waals surface area contributed by atoms with E-state index in [9.17, 15) is 5.21 Å². The zero-order valence-electron chi connectivity index (χ0n) is 14.0. The van der Waals surface area contributed by atoms with Gasteiger partial charge in [-0.05, 0) is 49.1 Å². The number of likely N-dealkylation sites (tertiary alicyclic amines) is 1. The fourth-order valence-electron chi connectivity index (χ4n) is 3.50. The van der Waals surface area contributed by atoms with Crippen molar-refractivity contribution in [1.82, 2.24) is 9.88 Å². The minimum atomic E-state index is 0.551. The van der Waals surface area contributed by atoms with Gasteiger partial charge in [0.05, 0.1) is 5.39 Å². The summed E-state index contributed by atoms with van der Waals surface area (Å²) in [6, 6.07) is 15.3. The summed E-state index contributed by atoms with van der Waals surface area (Å²) in [7, 11) is 0. The SMILES string of the molecule is [O-][n+]1c(CN2CCCCC2)nc2ccc(Cl)cc2c1-c1ccccc1. The number of piperidine rings is 1. The first-order chi connectivity index (χ1) is 12.2. The lowest BCUT2D eigenvalue weighted by Crippen LogP contribution is -2.41. The van der Waals surface area contributed by atoms with Gasteiger partial charge in [0.25, 0.3) is 0 Å². The zero-order valence-corrected chi connectivity index (χ0v) is 14.7. The first-order valence-electron chi connectivity index (χ1n) is 8.72. The first-order valence-corrected chi connectivity index (χ1v) is 9.09. The molecule has 0 spiro atoms. The van der Waals surface area contributed by atoms with Gasteiger partial charge in [0.1, 0.15) is 12.2 Å². The van der Waals surface area contributed by atoms with E-state index in [4.69, 9.17) is 11.6 Å². The lowest BCUT2D eigenvalue weighted by atomic mass is 10.1. The first kappa shape index (κ1) is 16.3. The number of halogens is 1. The second-order valence-corrected chi connectivity index (χ2v) is 6.97. The van der Waals surface area contributed by atoms with Crippen molar-refractivity contribution in [3.05, 3.63) is 64.6 Å². The maximum absolute atomic E-state index is 13.2.